The van der Waals surface area contributed by atoms with Crippen LogP contribution in [0.4, 0.5) is 20.2 Å². The fraction of sp³-hybridized carbons (Fsp3) is 0.158. The molecule has 0 fully saturated rings. The SMILES string of the molecule is C=COCCONC(=O)c1oc2c(F)cc(=O)n(C)c2c1Nc1ccc(I)cc1F. The Hall–Kier alpha value is -2.93. The molecule has 0 spiro atoms. The second-order valence-electron chi connectivity index (χ2n) is 5.94. The summed E-state index contributed by atoms with van der Waals surface area (Å²) in [6.45, 7) is 3.50. The summed E-state index contributed by atoms with van der Waals surface area (Å²) in [6, 6.07) is 5.08. The van der Waals surface area contributed by atoms with Gasteiger partial charge in [0.15, 0.2) is 11.4 Å². The van der Waals surface area contributed by atoms with E-state index in [4.69, 9.17) is 14.0 Å². The molecular weight excluding hydrogens is 515 g/mol. The topological polar surface area (TPSA) is 94.7 Å². The number of aromatic nitrogens is 1. The Kier molecular flexibility index (Phi) is 6.72. The van der Waals surface area contributed by atoms with Crippen LogP contribution in [0.3, 0.4) is 0 Å². The molecule has 8 nitrogen and oxygen atoms in total. The molecule has 3 rings (SSSR count). The smallest absolute Gasteiger partial charge is 0.312 e. The lowest BCUT2D eigenvalue weighted by atomic mass is 10.2. The Morgan fingerprint density at radius 2 is 2.07 bits per heavy atom. The molecule has 1 aromatic carbocycles. The molecule has 1 amide bonds. The van der Waals surface area contributed by atoms with Crippen LogP contribution in [0.1, 0.15) is 10.6 Å². The number of nitrogens with zero attached hydrogens (tertiary/aromatic N) is 1. The average Bonchev–Trinajstić information content (AvgIpc) is 3.08. The van der Waals surface area contributed by atoms with E-state index in [0.717, 1.165) is 10.6 Å². The quantitative estimate of drug-likeness (QED) is 0.200. The number of carbonyl (C=O) groups excluding carboxylic acids is 1. The number of hydrogen-bond donors (Lipinski definition) is 2. The van der Waals surface area contributed by atoms with E-state index >= 15 is 0 Å². The molecule has 158 valence electrons. The van der Waals surface area contributed by atoms with Crippen LogP contribution in [0.5, 0.6) is 0 Å². The molecule has 0 aliphatic heterocycles. The maximum Gasteiger partial charge on any atom is 0.312 e. The van der Waals surface area contributed by atoms with Crippen LogP contribution < -0.4 is 16.4 Å². The summed E-state index contributed by atoms with van der Waals surface area (Å²) in [7, 11) is 1.37. The first kappa shape index (κ1) is 21.8. The van der Waals surface area contributed by atoms with Crippen molar-refractivity contribution in [3.63, 3.8) is 0 Å². The largest absolute Gasteiger partial charge is 0.499 e. The molecule has 0 saturated carbocycles. The van der Waals surface area contributed by atoms with Crippen LogP contribution in [0.15, 0.2) is 46.3 Å². The number of anilines is 2. The third kappa shape index (κ3) is 4.46. The highest BCUT2D eigenvalue weighted by Gasteiger charge is 2.26. The van der Waals surface area contributed by atoms with Crippen molar-refractivity contribution in [3.8, 4) is 0 Å². The van der Waals surface area contributed by atoms with Crippen molar-refractivity contribution in [2.24, 2.45) is 7.05 Å². The molecule has 0 saturated heterocycles. The van der Waals surface area contributed by atoms with Gasteiger partial charge in [-0.05, 0) is 40.8 Å². The van der Waals surface area contributed by atoms with Gasteiger partial charge in [-0.15, -0.1) is 0 Å². The summed E-state index contributed by atoms with van der Waals surface area (Å²) in [5.74, 6) is -2.84. The van der Waals surface area contributed by atoms with Crippen molar-refractivity contribution in [3.05, 3.63) is 68.4 Å². The van der Waals surface area contributed by atoms with E-state index in [1.807, 2.05) is 22.6 Å². The fourth-order valence-electron chi connectivity index (χ4n) is 2.62. The minimum Gasteiger partial charge on any atom is -0.499 e. The maximum atomic E-state index is 14.4. The van der Waals surface area contributed by atoms with Crippen LogP contribution in [0.2, 0.25) is 0 Å². The molecular formula is C19H16F2IN3O5. The number of amides is 1. The molecule has 0 aliphatic carbocycles. The van der Waals surface area contributed by atoms with Gasteiger partial charge in [-0.3, -0.25) is 14.4 Å². The van der Waals surface area contributed by atoms with E-state index in [1.54, 1.807) is 6.07 Å². The van der Waals surface area contributed by atoms with E-state index in [-0.39, 0.29) is 35.7 Å². The highest BCUT2D eigenvalue weighted by atomic mass is 127. The van der Waals surface area contributed by atoms with Crippen LogP contribution >= 0.6 is 22.6 Å². The summed E-state index contributed by atoms with van der Waals surface area (Å²) in [5, 5.41) is 2.73. The van der Waals surface area contributed by atoms with E-state index in [9.17, 15) is 18.4 Å². The molecule has 0 bridgehead atoms. The second-order valence-corrected chi connectivity index (χ2v) is 7.19. The number of ether oxygens (including phenoxy) is 1. The highest BCUT2D eigenvalue weighted by Crippen LogP contribution is 2.34. The summed E-state index contributed by atoms with van der Waals surface area (Å²) in [4.78, 5) is 29.6. The fourth-order valence-corrected chi connectivity index (χ4v) is 3.08. The lowest BCUT2D eigenvalue weighted by molar-refractivity contribution is 0.0129. The predicted molar refractivity (Wildman–Crippen MR) is 113 cm³/mol. The van der Waals surface area contributed by atoms with Crippen molar-refractivity contribution in [1.29, 1.82) is 0 Å². The summed E-state index contributed by atoms with van der Waals surface area (Å²) >= 11 is 1.94. The molecule has 0 unspecified atom stereocenters. The van der Waals surface area contributed by atoms with Crippen LogP contribution in [-0.2, 0) is 16.6 Å². The van der Waals surface area contributed by atoms with Crippen LogP contribution in [0.25, 0.3) is 11.1 Å². The van der Waals surface area contributed by atoms with Gasteiger partial charge in [-0.2, -0.15) is 0 Å². The number of nitrogens with one attached hydrogen (secondary N) is 2. The number of carbonyl (C=O) groups is 1. The molecule has 11 heteroatoms. The van der Waals surface area contributed by atoms with Crippen molar-refractivity contribution in [2.75, 3.05) is 18.5 Å². The second kappa shape index (κ2) is 9.26. The zero-order valence-corrected chi connectivity index (χ0v) is 17.8. The third-order valence-corrected chi connectivity index (χ3v) is 4.67. The van der Waals surface area contributed by atoms with Gasteiger partial charge in [0.1, 0.15) is 30.2 Å². The van der Waals surface area contributed by atoms with Crippen molar-refractivity contribution < 1.29 is 27.6 Å². The van der Waals surface area contributed by atoms with Gasteiger partial charge in [-0.1, -0.05) is 6.58 Å². The number of rotatable bonds is 8. The average molecular weight is 531 g/mol. The summed E-state index contributed by atoms with van der Waals surface area (Å²) in [6.07, 6.45) is 1.21. The number of hydrogen-bond acceptors (Lipinski definition) is 6. The first-order valence-corrected chi connectivity index (χ1v) is 9.60. The standard InChI is InChI=1S/C19H16F2IN3O5/c1-3-28-6-7-29-24-19(27)18-15(23-13-5-4-10(22)8-11(13)20)16-17(30-18)12(21)9-14(26)25(16)2/h3-5,8-9,23H,1,6-7H2,2H3,(H,24,27). The van der Waals surface area contributed by atoms with Gasteiger partial charge < -0.3 is 19.0 Å². The van der Waals surface area contributed by atoms with Crippen molar-refractivity contribution in [2.45, 2.75) is 0 Å². The Morgan fingerprint density at radius 3 is 2.77 bits per heavy atom. The minimum absolute atomic E-state index is 0.000647. The van der Waals surface area contributed by atoms with Crippen LogP contribution in [-0.4, -0.2) is 23.7 Å². The molecule has 2 N–H and O–H groups in total. The number of pyridine rings is 1. The van der Waals surface area contributed by atoms with E-state index in [2.05, 4.69) is 17.4 Å². The Labute approximate surface area is 182 Å². The molecule has 2 heterocycles. The number of fused-ring (bicyclic) bond motifs is 1. The Balaban J connectivity index is 2.05. The zero-order chi connectivity index (χ0) is 21.8. The van der Waals surface area contributed by atoms with Gasteiger partial charge >= 0.3 is 5.91 Å². The molecule has 0 aliphatic rings. The molecule has 30 heavy (non-hydrogen) atoms. The highest BCUT2D eigenvalue weighted by molar-refractivity contribution is 14.1. The lowest BCUT2D eigenvalue weighted by Crippen LogP contribution is -2.25. The van der Waals surface area contributed by atoms with E-state index in [1.165, 1.54) is 25.4 Å². The van der Waals surface area contributed by atoms with Gasteiger partial charge in [0.05, 0.1) is 11.9 Å². The van der Waals surface area contributed by atoms with Gasteiger partial charge in [0, 0.05) is 16.7 Å². The lowest BCUT2D eigenvalue weighted by Gasteiger charge is -2.10. The maximum absolute atomic E-state index is 14.4. The number of aryl methyl sites for hydroxylation is 1. The number of halogens is 3. The third-order valence-electron chi connectivity index (χ3n) is 4.00. The molecule has 0 radical (unpaired) electrons. The first-order chi connectivity index (χ1) is 14.3. The van der Waals surface area contributed by atoms with Crippen molar-refractivity contribution >= 4 is 51.0 Å². The Morgan fingerprint density at radius 1 is 1.30 bits per heavy atom. The van der Waals surface area contributed by atoms with Gasteiger partial charge in [-0.25, -0.2) is 14.3 Å². The number of furan rings is 1. The monoisotopic (exact) mass is 531 g/mol. The van der Waals surface area contributed by atoms with Gasteiger partial charge in [0.25, 0.3) is 5.56 Å². The number of hydroxylamine groups is 1. The summed E-state index contributed by atoms with van der Waals surface area (Å²) in [5.41, 5.74) is 0.989. The normalized spacial score (nSPS) is 10.8. The molecule has 2 aromatic heterocycles. The predicted octanol–water partition coefficient (Wildman–Crippen LogP) is 3.58. The van der Waals surface area contributed by atoms with E-state index < -0.39 is 28.9 Å². The van der Waals surface area contributed by atoms with Crippen LogP contribution in [0, 0.1) is 15.2 Å². The van der Waals surface area contributed by atoms with Crippen molar-refractivity contribution in [1.82, 2.24) is 10.0 Å². The number of benzene rings is 1. The Bertz CT molecular complexity index is 1180. The molecule has 3 aromatic rings. The minimum atomic E-state index is -0.960. The zero-order valence-electron chi connectivity index (χ0n) is 15.6. The van der Waals surface area contributed by atoms with Gasteiger partial charge in [0.2, 0.25) is 5.76 Å². The summed E-state index contributed by atoms with van der Waals surface area (Å²) < 4.78 is 40.7. The van der Waals surface area contributed by atoms with E-state index in [0.29, 0.717) is 3.57 Å². The molecule has 0 atom stereocenters. The first-order valence-electron chi connectivity index (χ1n) is 8.52.